The van der Waals surface area contributed by atoms with Crippen LogP contribution in [0.15, 0.2) is 54.6 Å². The lowest BCUT2D eigenvalue weighted by Gasteiger charge is -2.43. The lowest BCUT2D eigenvalue weighted by molar-refractivity contribution is -0.157. The zero-order valence-corrected chi connectivity index (χ0v) is 13.5. The van der Waals surface area contributed by atoms with Crippen LogP contribution in [0.2, 0.25) is 0 Å². The number of rotatable bonds is 3. The highest BCUT2D eigenvalue weighted by Gasteiger charge is 2.41. The first-order valence-corrected chi connectivity index (χ1v) is 8.41. The largest absolute Gasteiger partial charge is 0.331 e. The van der Waals surface area contributed by atoms with E-state index in [1.54, 1.807) is 9.80 Å². The number of amides is 2. The van der Waals surface area contributed by atoms with Crippen LogP contribution in [0.25, 0.3) is 0 Å². The molecule has 4 nitrogen and oxygen atoms in total. The third kappa shape index (κ3) is 2.68. The monoisotopic (exact) mass is 320 g/mol. The van der Waals surface area contributed by atoms with Gasteiger partial charge in [0.05, 0.1) is 6.54 Å². The molecule has 0 bridgehead atoms. The molecule has 0 saturated carbocycles. The van der Waals surface area contributed by atoms with E-state index in [0.29, 0.717) is 19.5 Å². The van der Waals surface area contributed by atoms with E-state index in [1.165, 1.54) is 11.1 Å². The van der Waals surface area contributed by atoms with Gasteiger partial charge < -0.3 is 9.80 Å². The second kappa shape index (κ2) is 6.11. The smallest absolute Gasteiger partial charge is 0.246 e. The standard InChI is InChI=1S/C20H20N2O2/c23-19-14-21(11-10-15-6-2-1-3-7-15)20(24)18-12-16-8-4-5-9-17(16)13-22(18)19/h1-9,18H,10-14H2/t18-/m1/s1. The van der Waals surface area contributed by atoms with Crippen LogP contribution in [0.3, 0.4) is 0 Å². The zero-order valence-electron chi connectivity index (χ0n) is 13.5. The van der Waals surface area contributed by atoms with E-state index in [1.807, 2.05) is 36.4 Å². The van der Waals surface area contributed by atoms with Crippen molar-refractivity contribution in [2.45, 2.75) is 25.4 Å². The Morgan fingerprint density at radius 2 is 1.58 bits per heavy atom. The molecule has 1 fully saturated rings. The second-order valence-electron chi connectivity index (χ2n) is 6.51. The number of piperazine rings is 1. The Hall–Kier alpha value is -2.62. The predicted molar refractivity (Wildman–Crippen MR) is 91.2 cm³/mol. The molecule has 2 aromatic carbocycles. The summed E-state index contributed by atoms with van der Waals surface area (Å²) in [5, 5.41) is 0. The molecule has 0 aromatic heterocycles. The average molecular weight is 320 g/mol. The van der Waals surface area contributed by atoms with E-state index >= 15 is 0 Å². The highest BCUT2D eigenvalue weighted by Crippen LogP contribution is 2.27. The van der Waals surface area contributed by atoms with Crippen LogP contribution >= 0.6 is 0 Å². The second-order valence-corrected chi connectivity index (χ2v) is 6.51. The Kier molecular flexibility index (Phi) is 3.81. The third-order valence-corrected chi connectivity index (χ3v) is 5.00. The van der Waals surface area contributed by atoms with Crippen LogP contribution in [-0.2, 0) is 29.0 Å². The summed E-state index contributed by atoms with van der Waals surface area (Å²) in [5.41, 5.74) is 3.53. The summed E-state index contributed by atoms with van der Waals surface area (Å²) in [7, 11) is 0. The maximum Gasteiger partial charge on any atom is 0.246 e. The van der Waals surface area contributed by atoms with Gasteiger partial charge in [-0.3, -0.25) is 9.59 Å². The Bertz CT molecular complexity index is 772. The number of benzene rings is 2. The van der Waals surface area contributed by atoms with E-state index in [9.17, 15) is 9.59 Å². The number of hydrogen-bond acceptors (Lipinski definition) is 2. The minimum atomic E-state index is -0.336. The summed E-state index contributed by atoms with van der Waals surface area (Å²) in [6, 6.07) is 17.8. The fourth-order valence-electron chi connectivity index (χ4n) is 3.65. The molecule has 0 unspecified atom stereocenters. The highest BCUT2D eigenvalue weighted by atomic mass is 16.2. The lowest BCUT2D eigenvalue weighted by Crippen LogP contribution is -2.61. The molecule has 2 heterocycles. The number of carbonyl (C=O) groups is 2. The maximum atomic E-state index is 12.9. The molecule has 4 rings (SSSR count). The molecule has 0 spiro atoms. The predicted octanol–water partition coefficient (Wildman–Crippen LogP) is 2.02. The van der Waals surface area contributed by atoms with Gasteiger partial charge >= 0.3 is 0 Å². The first kappa shape index (κ1) is 14.9. The van der Waals surface area contributed by atoms with Crippen molar-refractivity contribution in [1.29, 1.82) is 0 Å². The molecular formula is C20H20N2O2. The minimum Gasteiger partial charge on any atom is -0.331 e. The summed E-state index contributed by atoms with van der Waals surface area (Å²) in [4.78, 5) is 28.9. The normalized spacial score (nSPS) is 19.9. The molecule has 1 atom stereocenters. The zero-order chi connectivity index (χ0) is 16.5. The molecule has 0 aliphatic carbocycles. The van der Waals surface area contributed by atoms with Gasteiger partial charge in [0.1, 0.15) is 6.04 Å². The van der Waals surface area contributed by atoms with E-state index < -0.39 is 0 Å². The number of hydrogen-bond donors (Lipinski definition) is 0. The van der Waals surface area contributed by atoms with Gasteiger partial charge in [0.2, 0.25) is 11.8 Å². The summed E-state index contributed by atoms with van der Waals surface area (Å²) in [5.74, 6) is 0.141. The minimum absolute atomic E-state index is 0.0576. The molecule has 0 radical (unpaired) electrons. The van der Waals surface area contributed by atoms with Crippen LogP contribution in [-0.4, -0.2) is 40.7 Å². The quantitative estimate of drug-likeness (QED) is 0.868. The van der Waals surface area contributed by atoms with Gasteiger partial charge in [0.15, 0.2) is 0 Å². The van der Waals surface area contributed by atoms with Crippen molar-refractivity contribution in [2.24, 2.45) is 0 Å². The SMILES string of the molecule is O=C1[C@H]2Cc3ccccc3CN2C(=O)CN1CCc1ccccc1. The molecule has 2 aliphatic rings. The summed E-state index contributed by atoms with van der Waals surface area (Å²) in [6.45, 7) is 1.35. The molecule has 0 N–H and O–H groups in total. The number of nitrogens with zero attached hydrogens (tertiary/aromatic N) is 2. The van der Waals surface area contributed by atoms with Crippen LogP contribution in [0.1, 0.15) is 16.7 Å². The first-order chi connectivity index (χ1) is 11.7. The van der Waals surface area contributed by atoms with Crippen LogP contribution in [0, 0.1) is 0 Å². The van der Waals surface area contributed by atoms with Gasteiger partial charge in [-0.2, -0.15) is 0 Å². The van der Waals surface area contributed by atoms with Gasteiger partial charge in [-0.1, -0.05) is 54.6 Å². The molecule has 2 amide bonds. The van der Waals surface area contributed by atoms with Crippen molar-refractivity contribution < 1.29 is 9.59 Å². The van der Waals surface area contributed by atoms with E-state index in [0.717, 1.165) is 12.0 Å². The van der Waals surface area contributed by atoms with Gasteiger partial charge in [0.25, 0.3) is 0 Å². The van der Waals surface area contributed by atoms with Crippen molar-refractivity contribution in [3.8, 4) is 0 Å². The number of fused-ring (bicyclic) bond motifs is 2. The van der Waals surface area contributed by atoms with Crippen molar-refractivity contribution in [3.63, 3.8) is 0 Å². The fraction of sp³-hybridized carbons (Fsp3) is 0.300. The van der Waals surface area contributed by atoms with Crippen LogP contribution < -0.4 is 0 Å². The summed E-state index contributed by atoms with van der Waals surface area (Å²) < 4.78 is 0. The van der Waals surface area contributed by atoms with Crippen molar-refractivity contribution in [3.05, 3.63) is 71.3 Å². The lowest BCUT2D eigenvalue weighted by atomic mass is 9.91. The molecule has 2 aromatic rings. The highest BCUT2D eigenvalue weighted by molar-refractivity contribution is 5.95. The van der Waals surface area contributed by atoms with Gasteiger partial charge in [-0.15, -0.1) is 0 Å². The molecule has 24 heavy (non-hydrogen) atoms. The van der Waals surface area contributed by atoms with Crippen molar-refractivity contribution >= 4 is 11.8 Å². The Balaban J connectivity index is 1.51. The van der Waals surface area contributed by atoms with Gasteiger partial charge in [-0.05, 0) is 23.1 Å². The van der Waals surface area contributed by atoms with Crippen LogP contribution in [0.5, 0.6) is 0 Å². The molecule has 4 heteroatoms. The Morgan fingerprint density at radius 3 is 2.38 bits per heavy atom. The Labute approximate surface area is 141 Å². The fourth-order valence-corrected chi connectivity index (χ4v) is 3.65. The third-order valence-electron chi connectivity index (χ3n) is 5.00. The molecule has 2 aliphatic heterocycles. The van der Waals surface area contributed by atoms with Gasteiger partial charge in [0, 0.05) is 19.5 Å². The van der Waals surface area contributed by atoms with Gasteiger partial charge in [-0.25, -0.2) is 0 Å². The maximum absolute atomic E-state index is 12.9. The van der Waals surface area contributed by atoms with Crippen LogP contribution in [0.4, 0.5) is 0 Å². The summed E-state index contributed by atoms with van der Waals surface area (Å²) in [6.07, 6.45) is 1.41. The molecule has 122 valence electrons. The van der Waals surface area contributed by atoms with E-state index in [2.05, 4.69) is 18.2 Å². The van der Waals surface area contributed by atoms with Crippen molar-refractivity contribution in [2.75, 3.05) is 13.1 Å². The molecule has 1 saturated heterocycles. The Morgan fingerprint density at radius 1 is 0.875 bits per heavy atom. The average Bonchev–Trinajstić information content (AvgIpc) is 2.63. The van der Waals surface area contributed by atoms with Crippen molar-refractivity contribution in [1.82, 2.24) is 9.80 Å². The molecular weight excluding hydrogens is 300 g/mol. The summed E-state index contributed by atoms with van der Waals surface area (Å²) >= 11 is 0. The van der Waals surface area contributed by atoms with E-state index in [-0.39, 0.29) is 24.4 Å². The number of carbonyl (C=O) groups excluding carboxylic acids is 2. The topological polar surface area (TPSA) is 40.6 Å². The first-order valence-electron chi connectivity index (χ1n) is 8.41. The van der Waals surface area contributed by atoms with E-state index in [4.69, 9.17) is 0 Å².